The van der Waals surface area contributed by atoms with Crippen LogP contribution in [0.3, 0.4) is 0 Å². The molecule has 1 nitrogen and oxygen atoms in total. The van der Waals surface area contributed by atoms with E-state index >= 15 is 0 Å². The smallest absolute Gasteiger partial charge is 0.143 e. The summed E-state index contributed by atoms with van der Waals surface area (Å²) in [6.07, 6.45) is 8.83. The first-order valence-corrected chi connectivity index (χ1v) is 7.65. The van der Waals surface area contributed by atoms with Crippen molar-refractivity contribution in [1.82, 2.24) is 0 Å². The summed E-state index contributed by atoms with van der Waals surface area (Å²) in [5.41, 5.74) is 7.14. The van der Waals surface area contributed by atoms with Gasteiger partial charge in [0.05, 0.1) is 5.56 Å². The first-order chi connectivity index (χ1) is 9.74. The van der Waals surface area contributed by atoms with E-state index in [1.54, 1.807) is 0 Å². The highest BCUT2D eigenvalue weighted by molar-refractivity contribution is 5.53. The van der Waals surface area contributed by atoms with Crippen LogP contribution in [0.15, 0.2) is 18.2 Å². The van der Waals surface area contributed by atoms with Gasteiger partial charge in [0.2, 0.25) is 0 Å². The molecule has 2 heteroatoms. The molecule has 1 aromatic rings. The third-order valence-corrected chi connectivity index (χ3v) is 3.27. The molecule has 0 radical (unpaired) electrons. The van der Waals surface area contributed by atoms with Gasteiger partial charge in [-0.05, 0) is 42.7 Å². The van der Waals surface area contributed by atoms with Crippen LogP contribution in [-0.4, -0.2) is 0 Å². The Morgan fingerprint density at radius 2 is 1.71 bits per heavy atom. The quantitative estimate of drug-likeness (QED) is 0.599. The van der Waals surface area contributed by atoms with Crippen LogP contribution in [0.2, 0.25) is 0 Å². The SMILES string of the molecule is CCCCCCCCC#CC#Cc1cc(C)ccc1[NH3+].[Cl-]. The van der Waals surface area contributed by atoms with Crippen molar-refractivity contribution in [3.8, 4) is 23.7 Å². The first-order valence-electron chi connectivity index (χ1n) is 7.65. The number of aryl methyl sites for hydroxylation is 1. The van der Waals surface area contributed by atoms with Crippen LogP contribution in [0.4, 0.5) is 5.69 Å². The molecule has 0 spiro atoms. The summed E-state index contributed by atoms with van der Waals surface area (Å²) in [7, 11) is 0. The van der Waals surface area contributed by atoms with Crippen molar-refractivity contribution in [3.05, 3.63) is 29.3 Å². The number of hydrogen-bond donors (Lipinski definition) is 1. The monoisotopic (exact) mass is 303 g/mol. The third-order valence-electron chi connectivity index (χ3n) is 3.27. The summed E-state index contributed by atoms with van der Waals surface area (Å²) in [5, 5.41) is 0. The second kappa shape index (κ2) is 12.3. The molecule has 0 aliphatic carbocycles. The molecule has 3 N–H and O–H groups in total. The zero-order chi connectivity index (χ0) is 14.6. The van der Waals surface area contributed by atoms with E-state index in [2.05, 4.69) is 55.4 Å². The van der Waals surface area contributed by atoms with Crippen molar-refractivity contribution in [1.29, 1.82) is 0 Å². The van der Waals surface area contributed by atoms with Gasteiger partial charge in [0, 0.05) is 12.5 Å². The standard InChI is InChI=1S/C19H25N.ClH/c1-3-4-5-6-7-8-9-10-11-12-13-18-16-17(2)14-15-19(18)20;/h14-16H,3-9,20H2,1-2H3;1H. The molecule has 0 heterocycles. The summed E-state index contributed by atoms with van der Waals surface area (Å²) in [4.78, 5) is 0. The molecular formula is C19H26ClN. The number of quaternary nitrogens is 1. The van der Waals surface area contributed by atoms with Crippen LogP contribution in [0, 0.1) is 30.6 Å². The van der Waals surface area contributed by atoms with Gasteiger partial charge in [0.25, 0.3) is 0 Å². The van der Waals surface area contributed by atoms with Crippen molar-refractivity contribution >= 4 is 5.69 Å². The Morgan fingerprint density at radius 3 is 2.48 bits per heavy atom. The third kappa shape index (κ3) is 9.19. The van der Waals surface area contributed by atoms with E-state index < -0.39 is 0 Å². The topological polar surface area (TPSA) is 27.6 Å². The maximum atomic E-state index is 3.97. The predicted molar refractivity (Wildman–Crippen MR) is 86.4 cm³/mol. The molecule has 0 aromatic heterocycles. The molecule has 0 aliphatic rings. The fourth-order valence-electron chi connectivity index (χ4n) is 2.01. The summed E-state index contributed by atoms with van der Waals surface area (Å²) < 4.78 is 0. The van der Waals surface area contributed by atoms with E-state index in [4.69, 9.17) is 0 Å². The van der Waals surface area contributed by atoms with Crippen LogP contribution in [-0.2, 0) is 0 Å². The van der Waals surface area contributed by atoms with Gasteiger partial charge in [-0.2, -0.15) is 0 Å². The molecule has 0 saturated heterocycles. The van der Waals surface area contributed by atoms with Gasteiger partial charge in [-0.1, -0.05) is 51.0 Å². The first kappa shape index (κ1) is 19.6. The summed E-state index contributed by atoms with van der Waals surface area (Å²) >= 11 is 0. The van der Waals surface area contributed by atoms with Crippen LogP contribution in [0.5, 0.6) is 0 Å². The van der Waals surface area contributed by atoms with Gasteiger partial charge in [-0.15, -0.1) is 0 Å². The van der Waals surface area contributed by atoms with E-state index in [1.165, 1.54) is 44.1 Å². The second-order valence-corrected chi connectivity index (χ2v) is 5.23. The summed E-state index contributed by atoms with van der Waals surface area (Å²) in [6.45, 7) is 4.31. The van der Waals surface area contributed by atoms with Crippen LogP contribution >= 0.6 is 0 Å². The zero-order valence-corrected chi connectivity index (χ0v) is 14.0. The Kier molecular flexibility index (Phi) is 11.5. The highest BCUT2D eigenvalue weighted by atomic mass is 35.5. The van der Waals surface area contributed by atoms with E-state index in [0.29, 0.717) is 0 Å². The Hall–Kier alpha value is -1.41. The van der Waals surface area contributed by atoms with Crippen molar-refractivity contribution in [3.63, 3.8) is 0 Å². The van der Waals surface area contributed by atoms with Gasteiger partial charge in [0.1, 0.15) is 5.69 Å². The molecule has 0 amide bonds. The average molecular weight is 304 g/mol. The van der Waals surface area contributed by atoms with Crippen LogP contribution in [0.1, 0.15) is 63.0 Å². The van der Waals surface area contributed by atoms with Crippen LogP contribution in [0.25, 0.3) is 0 Å². The molecule has 1 rings (SSSR count). The normalized spacial score (nSPS) is 8.90. The minimum absolute atomic E-state index is 0. The molecule has 0 aliphatic heterocycles. The summed E-state index contributed by atoms with van der Waals surface area (Å²) in [5.74, 6) is 12.1. The Morgan fingerprint density at radius 1 is 1.00 bits per heavy atom. The molecule has 21 heavy (non-hydrogen) atoms. The van der Waals surface area contributed by atoms with Crippen LogP contribution < -0.4 is 18.1 Å². The summed E-state index contributed by atoms with van der Waals surface area (Å²) in [6, 6.07) is 6.12. The molecular weight excluding hydrogens is 278 g/mol. The number of hydrogen-bond acceptors (Lipinski definition) is 0. The zero-order valence-electron chi connectivity index (χ0n) is 13.3. The number of unbranched alkanes of at least 4 members (excludes halogenated alkanes) is 6. The van der Waals surface area contributed by atoms with Gasteiger partial charge in [0.15, 0.2) is 0 Å². The Bertz CT molecular complexity index is 526. The maximum Gasteiger partial charge on any atom is 0.143 e. The fraction of sp³-hybridized carbons (Fsp3) is 0.474. The van der Waals surface area contributed by atoms with Gasteiger partial charge in [-0.3, -0.25) is 0 Å². The average Bonchev–Trinajstić information content (AvgIpc) is 2.44. The molecule has 0 atom stereocenters. The largest absolute Gasteiger partial charge is 1.00 e. The van der Waals surface area contributed by atoms with Gasteiger partial charge < -0.3 is 18.1 Å². The number of benzene rings is 1. The van der Waals surface area contributed by atoms with Crippen molar-refractivity contribution in [2.24, 2.45) is 0 Å². The Balaban J connectivity index is 0.00000400. The minimum atomic E-state index is 0. The Labute approximate surface area is 136 Å². The lowest BCUT2D eigenvalue weighted by atomic mass is 10.1. The predicted octanol–water partition coefficient (Wildman–Crippen LogP) is 0.978. The van der Waals surface area contributed by atoms with E-state index in [0.717, 1.165) is 17.7 Å². The molecule has 0 saturated carbocycles. The molecule has 0 fully saturated rings. The lowest BCUT2D eigenvalue weighted by Gasteiger charge is -1.96. The van der Waals surface area contributed by atoms with E-state index in [9.17, 15) is 0 Å². The van der Waals surface area contributed by atoms with Crippen molar-refractivity contribution in [2.75, 3.05) is 0 Å². The highest BCUT2D eigenvalue weighted by Crippen LogP contribution is 2.10. The molecule has 0 bridgehead atoms. The van der Waals surface area contributed by atoms with E-state index in [-0.39, 0.29) is 12.4 Å². The lowest BCUT2D eigenvalue weighted by Crippen LogP contribution is -3.00. The lowest BCUT2D eigenvalue weighted by molar-refractivity contribution is -0.255. The van der Waals surface area contributed by atoms with Gasteiger partial charge >= 0.3 is 0 Å². The second-order valence-electron chi connectivity index (χ2n) is 5.23. The number of rotatable bonds is 6. The van der Waals surface area contributed by atoms with Crippen molar-refractivity contribution in [2.45, 2.75) is 58.8 Å². The van der Waals surface area contributed by atoms with Crippen molar-refractivity contribution < 1.29 is 18.1 Å². The molecule has 114 valence electrons. The molecule has 0 unspecified atom stereocenters. The van der Waals surface area contributed by atoms with Gasteiger partial charge in [-0.25, -0.2) is 0 Å². The van der Waals surface area contributed by atoms with E-state index in [1.807, 2.05) is 6.07 Å². The fourth-order valence-corrected chi connectivity index (χ4v) is 2.01. The highest BCUT2D eigenvalue weighted by Gasteiger charge is 1.97. The maximum absolute atomic E-state index is 3.97. The minimum Gasteiger partial charge on any atom is -1.00 e. The molecule has 1 aromatic carbocycles. The number of halogens is 1.